The fourth-order valence-corrected chi connectivity index (χ4v) is 2.73. The molecule has 102 valence electrons. The van der Waals surface area contributed by atoms with Crippen molar-refractivity contribution in [2.75, 3.05) is 25.1 Å². The van der Waals surface area contributed by atoms with Crippen molar-refractivity contribution in [3.8, 4) is 5.75 Å². The zero-order chi connectivity index (χ0) is 13.8. The van der Waals surface area contributed by atoms with Crippen molar-refractivity contribution in [2.24, 2.45) is 0 Å². The predicted octanol–water partition coefficient (Wildman–Crippen LogP) is 3.21. The second kappa shape index (κ2) is 5.88. The minimum atomic E-state index is 0.621. The lowest BCUT2D eigenvalue weighted by molar-refractivity contribution is 0.326. The van der Waals surface area contributed by atoms with Crippen molar-refractivity contribution < 1.29 is 4.74 Å². The van der Waals surface area contributed by atoms with E-state index in [2.05, 4.69) is 20.9 Å². The molecule has 0 atom stereocenters. The molecule has 0 amide bonds. The van der Waals surface area contributed by atoms with Crippen LogP contribution in [0.15, 0.2) is 48.1 Å². The van der Waals surface area contributed by atoms with Crippen molar-refractivity contribution in [3.63, 3.8) is 0 Å². The number of para-hydroxylation sites is 1. The third-order valence-corrected chi connectivity index (χ3v) is 3.86. The molecule has 0 unspecified atom stereocenters. The molecule has 0 spiro atoms. The van der Waals surface area contributed by atoms with E-state index in [1.54, 1.807) is 17.7 Å². The van der Waals surface area contributed by atoms with E-state index in [0.29, 0.717) is 6.61 Å². The SMILES string of the molecule is CN(CCOc1ccccc1)c1ncnc2sccc12. The van der Waals surface area contributed by atoms with E-state index in [9.17, 15) is 0 Å². The number of thiophene rings is 1. The molecule has 3 aromatic rings. The molecule has 3 rings (SSSR count). The summed E-state index contributed by atoms with van der Waals surface area (Å²) in [7, 11) is 2.02. The lowest BCUT2D eigenvalue weighted by atomic mass is 10.3. The van der Waals surface area contributed by atoms with Gasteiger partial charge in [-0.1, -0.05) is 18.2 Å². The molecule has 5 heteroatoms. The van der Waals surface area contributed by atoms with Crippen LogP contribution in [-0.2, 0) is 0 Å². The van der Waals surface area contributed by atoms with Crippen LogP contribution in [0.2, 0.25) is 0 Å². The molecule has 4 nitrogen and oxygen atoms in total. The molecule has 0 bridgehead atoms. The Morgan fingerprint density at radius 2 is 2.00 bits per heavy atom. The van der Waals surface area contributed by atoms with Crippen LogP contribution in [0, 0.1) is 0 Å². The maximum atomic E-state index is 5.71. The van der Waals surface area contributed by atoms with Crippen LogP contribution >= 0.6 is 11.3 Å². The summed E-state index contributed by atoms with van der Waals surface area (Å²) in [5.41, 5.74) is 0. The van der Waals surface area contributed by atoms with Gasteiger partial charge in [0.15, 0.2) is 0 Å². The van der Waals surface area contributed by atoms with Gasteiger partial charge in [-0.05, 0) is 23.6 Å². The first-order valence-corrected chi connectivity index (χ1v) is 7.30. The van der Waals surface area contributed by atoms with Gasteiger partial charge in [0.1, 0.15) is 29.3 Å². The number of nitrogens with zero attached hydrogens (tertiary/aromatic N) is 3. The summed E-state index contributed by atoms with van der Waals surface area (Å²) in [6, 6.07) is 11.9. The molecule has 0 saturated carbocycles. The van der Waals surface area contributed by atoms with E-state index in [4.69, 9.17) is 4.74 Å². The van der Waals surface area contributed by atoms with Crippen LogP contribution in [0.3, 0.4) is 0 Å². The molecule has 0 radical (unpaired) electrons. The van der Waals surface area contributed by atoms with Crippen molar-refractivity contribution in [3.05, 3.63) is 48.1 Å². The third-order valence-electron chi connectivity index (χ3n) is 3.04. The van der Waals surface area contributed by atoms with Crippen molar-refractivity contribution in [2.45, 2.75) is 0 Å². The zero-order valence-electron chi connectivity index (χ0n) is 11.2. The molecule has 0 N–H and O–H groups in total. The van der Waals surface area contributed by atoms with E-state index in [0.717, 1.165) is 28.3 Å². The van der Waals surface area contributed by atoms with Crippen LogP contribution in [0.1, 0.15) is 0 Å². The van der Waals surface area contributed by atoms with Crippen molar-refractivity contribution in [1.29, 1.82) is 0 Å². The first-order valence-electron chi connectivity index (χ1n) is 6.42. The van der Waals surface area contributed by atoms with E-state index < -0.39 is 0 Å². The minimum absolute atomic E-state index is 0.621. The molecule has 0 saturated heterocycles. The standard InChI is InChI=1S/C15H15N3OS/c1-18(8-9-19-12-5-3-2-4-6-12)14-13-7-10-20-15(13)17-11-16-14/h2-7,10-11H,8-9H2,1H3. The number of hydrogen-bond donors (Lipinski definition) is 0. The number of likely N-dealkylation sites (N-methyl/N-ethyl adjacent to an activating group) is 1. The lowest BCUT2D eigenvalue weighted by Crippen LogP contribution is -2.24. The van der Waals surface area contributed by atoms with E-state index in [1.165, 1.54) is 0 Å². The molecule has 2 heterocycles. The summed E-state index contributed by atoms with van der Waals surface area (Å²) in [4.78, 5) is 11.7. The average Bonchev–Trinajstić information content (AvgIpc) is 2.96. The molecular formula is C15H15N3OS. The Kier molecular flexibility index (Phi) is 3.78. The number of ether oxygens (including phenoxy) is 1. The van der Waals surface area contributed by atoms with E-state index in [1.807, 2.05) is 42.8 Å². The Hall–Kier alpha value is -2.14. The number of rotatable bonds is 5. The molecule has 2 aromatic heterocycles. The van der Waals surface area contributed by atoms with Gasteiger partial charge < -0.3 is 9.64 Å². The highest BCUT2D eigenvalue weighted by Crippen LogP contribution is 2.25. The van der Waals surface area contributed by atoms with Crippen molar-refractivity contribution in [1.82, 2.24) is 9.97 Å². The maximum absolute atomic E-state index is 5.71. The molecule has 1 aromatic carbocycles. The van der Waals surface area contributed by atoms with Crippen LogP contribution in [0.4, 0.5) is 5.82 Å². The third kappa shape index (κ3) is 2.72. The normalized spacial score (nSPS) is 10.7. The van der Waals surface area contributed by atoms with Gasteiger partial charge in [0, 0.05) is 7.05 Å². The zero-order valence-corrected chi connectivity index (χ0v) is 12.0. The van der Waals surface area contributed by atoms with Crippen LogP contribution < -0.4 is 9.64 Å². The highest BCUT2D eigenvalue weighted by Gasteiger charge is 2.09. The topological polar surface area (TPSA) is 38.2 Å². The smallest absolute Gasteiger partial charge is 0.140 e. The fourth-order valence-electron chi connectivity index (χ4n) is 2.00. The molecule has 0 aliphatic rings. The number of benzene rings is 1. The predicted molar refractivity (Wildman–Crippen MR) is 82.6 cm³/mol. The van der Waals surface area contributed by atoms with Gasteiger partial charge in [-0.2, -0.15) is 0 Å². The summed E-state index contributed by atoms with van der Waals surface area (Å²) in [5, 5.41) is 3.14. The summed E-state index contributed by atoms with van der Waals surface area (Å²) < 4.78 is 5.71. The Balaban J connectivity index is 1.64. The second-order valence-corrected chi connectivity index (χ2v) is 5.31. The highest BCUT2D eigenvalue weighted by molar-refractivity contribution is 7.16. The second-order valence-electron chi connectivity index (χ2n) is 4.42. The van der Waals surface area contributed by atoms with Gasteiger partial charge in [0.05, 0.1) is 11.9 Å². The number of aromatic nitrogens is 2. The van der Waals surface area contributed by atoms with Crippen LogP contribution in [0.25, 0.3) is 10.2 Å². The first kappa shape index (κ1) is 12.9. The fraction of sp³-hybridized carbons (Fsp3) is 0.200. The van der Waals surface area contributed by atoms with E-state index in [-0.39, 0.29) is 0 Å². The molecular weight excluding hydrogens is 270 g/mol. The van der Waals surface area contributed by atoms with Gasteiger partial charge in [0.2, 0.25) is 0 Å². The Morgan fingerprint density at radius 3 is 2.85 bits per heavy atom. The van der Waals surface area contributed by atoms with Gasteiger partial charge >= 0.3 is 0 Å². The minimum Gasteiger partial charge on any atom is -0.492 e. The van der Waals surface area contributed by atoms with E-state index >= 15 is 0 Å². The molecule has 0 fully saturated rings. The summed E-state index contributed by atoms with van der Waals surface area (Å²) in [5.74, 6) is 1.84. The van der Waals surface area contributed by atoms with Crippen LogP contribution in [-0.4, -0.2) is 30.2 Å². The van der Waals surface area contributed by atoms with Crippen molar-refractivity contribution >= 4 is 27.4 Å². The molecule has 20 heavy (non-hydrogen) atoms. The lowest BCUT2D eigenvalue weighted by Gasteiger charge is -2.18. The largest absolute Gasteiger partial charge is 0.492 e. The summed E-state index contributed by atoms with van der Waals surface area (Å²) in [6.07, 6.45) is 1.61. The average molecular weight is 285 g/mol. The Bertz CT molecular complexity index is 684. The Labute approximate surface area is 121 Å². The number of fused-ring (bicyclic) bond motifs is 1. The monoisotopic (exact) mass is 285 g/mol. The molecule has 0 aliphatic carbocycles. The maximum Gasteiger partial charge on any atom is 0.140 e. The van der Waals surface area contributed by atoms with Crippen LogP contribution in [0.5, 0.6) is 5.75 Å². The number of hydrogen-bond acceptors (Lipinski definition) is 5. The summed E-state index contributed by atoms with van der Waals surface area (Å²) in [6.45, 7) is 1.40. The Morgan fingerprint density at radius 1 is 1.15 bits per heavy atom. The van der Waals surface area contributed by atoms with Gasteiger partial charge in [-0.25, -0.2) is 9.97 Å². The summed E-state index contributed by atoms with van der Waals surface area (Å²) >= 11 is 1.63. The number of anilines is 1. The van der Waals surface area contributed by atoms with Gasteiger partial charge in [-0.15, -0.1) is 11.3 Å². The quantitative estimate of drug-likeness (QED) is 0.721. The first-order chi connectivity index (χ1) is 9.84. The van der Waals surface area contributed by atoms with Gasteiger partial charge in [0.25, 0.3) is 0 Å². The highest BCUT2D eigenvalue weighted by atomic mass is 32.1. The van der Waals surface area contributed by atoms with Gasteiger partial charge in [-0.3, -0.25) is 0 Å². The molecule has 0 aliphatic heterocycles.